The van der Waals surface area contributed by atoms with E-state index in [1.807, 2.05) is 37.3 Å². The third-order valence-corrected chi connectivity index (χ3v) is 9.17. The molecule has 1 saturated carbocycles. The van der Waals surface area contributed by atoms with E-state index >= 15 is 0 Å². The summed E-state index contributed by atoms with van der Waals surface area (Å²) in [5, 5.41) is 3.28. The highest BCUT2D eigenvalue weighted by molar-refractivity contribution is 5.96. The van der Waals surface area contributed by atoms with E-state index in [1.165, 1.54) is 37.7 Å². The second-order valence-electron chi connectivity index (χ2n) is 11.9. The molecule has 0 spiro atoms. The molecule has 202 valence electrons. The first kappa shape index (κ1) is 29.6. The number of rotatable bonds is 11. The van der Waals surface area contributed by atoms with Crippen molar-refractivity contribution in [2.45, 2.75) is 103 Å². The fraction of sp³-hybridized carbons (Fsp3) is 0.576. The molecule has 0 amide bonds. The van der Waals surface area contributed by atoms with Crippen molar-refractivity contribution in [1.29, 1.82) is 0 Å². The molecule has 0 aliphatic heterocycles. The summed E-state index contributed by atoms with van der Waals surface area (Å²) in [6.07, 6.45) is 9.58. The van der Waals surface area contributed by atoms with Crippen LogP contribution in [-0.2, 0) is 16.6 Å². The van der Waals surface area contributed by atoms with E-state index in [-0.39, 0.29) is 35.4 Å². The van der Waals surface area contributed by atoms with Gasteiger partial charge >= 0.3 is 0 Å². The van der Waals surface area contributed by atoms with Gasteiger partial charge in [-0.15, -0.1) is 12.4 Å². The van der Waals surface area contributed by atoms with Crippen molar-refractivity contribution in [3.63, 3.8) is 0 Å². The van der Waals surface area contributed by atoms with E-state index in [0.29, 0.717) is 25.3 Å². The minimum atomic E-state index is -0.193. The number of fused-ring (bicyclic) bond motifs is 3. The quantitative estimate of drug-likeness (QED) is 0.305. The lowest BCUT2D eigenvalue weighted by molar-refractivity contribution is -0.120. The van der Waals surface area contributed by atoms with E-state index in [4.69, 9.17) is 0 Å². The normalized spacial score (nSPS) is 23.5. The number of Topliss-reactive ketones (excluding diaryl/α,β-unsaturated/α-hetero) is 2. The van der Waals surface area contributed by atoms with Gasteiger partial charge in [-0.2, -0.15) is 0 Å². The van der Waals surface area contributed by atoms with Crippen LogP contribution in [0.3, 0.4) is 0 Å². The van der Waals surface area contributed by atoms with Gasteiger partial charge in [-0.1, -0.05) is 82.1 Å². The Balaban J connectivity index is 0.00000380. The second-order valence-corrected chi connectivity index (χ2v) is 11.9. The lowest BCUT2D eigenvalue weighted by atomic mass is 9.54. The van der Waals surface area contributed by atoms with E-state index in [2.05, 4.69) is 44.3 Å². The van der Waals surface area contributed by atoms with Crippen molar-refractivity contribution in [3.05, 3.63) is 70.8 Å². The molecule has 1 unspecified atom stereocenters. The first-order valence-electron chi connectivity index (χ1n) is 14.3. The van der Waals surface area contributed by atoms with E-state index in [0.717, 1.165) is 30.2 Å². The Morgan fingerprint density at radius 1 is 1.03 bits per heavy atom. The van der Waals surface area contributed by atoms with Gasteiger partial charge in [0.1, 0.15) is 5.78 Å². The van der Waals surface area contributed by atoms with Gasteiger partial charge in [0.15, 0.2) is 5.78 Å². The van der Waals surface area contributed by atoms with Gasteiger partial charge < -0.3 is 5.32 Å². The van der Waals surface area contributed by atoms with Gasteiger partial charge in [-0.05, 0) is 78.9 Å². The summed E-state index contributed by atoms with van der Waals surface area (Å²) in [6, 6.07) is 16.5. The maximum absolute atomic E-state index is 12.8. The number of carbonyl (C=O) groups is 2. The van der Waals surface area contributed by atoms with Crippen molar-refractivity contribution in [1.82, 2.24) is 5.32 Å². The Labute approximate surface area is 230 Å². The molecule has 4 heteroatoms. The highest BCUT2D eigenvalue weighted by atomic mass is 35.5. The van der Waals surface area contributed by atoms with Crippen LogP contribution in [0.25, 0.3) is 0 Å². The van der Waals surface area contributed by atoms with Crippen molar-refractivity contribution >= 4 is 24.0 Å². The lowest BCUT2D eigenvalue weighted by Crippen LogP contribution is -2.44. The Kier molecular flexibility index (Phi) is 10.6. The zero-order valence-corrected chi connectivity index (χ0v) is 24.0. The summed E-state index contributed by atoms with van der Waals surface area (Å²) in [5.74, 6) is 2.44. The molecule has 0 bridgehead atoms. The topological polar surface area (TPSA) is 46.2 Å². The van der Waals surface area contributed by atoms with Crippen molar-refractivity contribution in [2.24, 2.45) is 11.8 Å². The minimum absolute atomic E-state index is 0. The van der Waals surface area contributed by atoms with Crippen LogP contribution < -0.4 is 5.32 Å². The van der Waals surface area contributed by atoms with Crippen molar-refractivity contribution in [3.8, 4) is 0 Å². The van der Waals surface area contributed by atoms with Crippen LogP contribution in [0.15, 0.2) is 48.5 Å². The van der Waals surface area contributed by atoms with Crippen LogP contribution in [0, 0.1) is 11.8 Å². The monoisotopic (exact) mass is 523 g/mol. The van der Waals surface area contributed by atoms with E-state index in [1.54, 1.807) is 11.1 Å². The number of nitrogens with one attached hydrogen (secondary N) is 1. The summed E-state index contributed by atoms with van der Waals surface area (Å²) in [4.78, 5) is 25.1. The number of hydrogen-bond donors (Lipinski definition) is 1. The molecule has 4 atom stereocenters. The van der Waals surface area contributed by atoms with Crippen molar-refractivity contribution in [2.75, 3.05) is 6.54 Å². The summed E-state index contributed by atoms with van der Waals surface area (Å²) in [7, 11) is 0. The molecule has 2 aromatic carbocycles. The van der Waals surface area contributed by atoms with Gasteiger partial charge in [-0.25, -0.2) is 0 Å². The first-order valence-corrected chi connectivity index (χ1v) is 14.3. The molecule has 2 aliphatic rings. The molecule has 1 fully saturated rings. The summed E-state index contributed by atoms with van der Waals surface area (Å²) in [5.41, 5.74) is 5.68. The summed E-state index contributed by atoms with van der Waals surface area (Å²) < 4.78 is 0. The lowest BCUT2D eigenvalue weighted by Gasteiger charge is -2.50. The van der Waals surface area contributed by atoms with Gasteiger partial charge in [0.05, 0.1) is 6.04 Å². The Hall–Kier alpha value is -1.97. The molecule has 0 saturated heterocycles. The molecule has 0 heterocycles. The van der Waals surface area contributed by atoms with Crippen LogP contribution in [0.2, 0.25) is 0 Å². The SMILES string of the molecule is CC(C)c1ccc2c(c1)CC[C@@H]1C(CCCC(=O)[C@@H](C)NCCC(=O)c3ccccc3)CCC[C@]21C.Cl. The third-order valence-electron chi connectivity index (χ3n) is 9.17. The number of halogens is 1. The Morgan fingerprint density at radius 2 is 1.78 bits per heavy atom. The molecule has 0 aromatic heterocycles. The standard InChI is InChI=1S/C33H45NO2.ClH/c1-23(2)27-15-17-30-28(22-27)16-18-29-25(13-9-20-33(29,30)4)12-8-14-31(35)24(3)34-21-19-32(36)26-10-6-5-7-11-26;/h5-7,10-11,15,17,22-25,29,34H,8-9,12-14,16,18-21H2,1-4H3;1H/t24-,25?,29-,33+;/m1./s1. The molecule has 0 radical (unpaired) electrons. The van der Waals surface area contributed by atoms with Gasteiger partial charge in [-0.3, -0.25) is 9.59 Å². The van der Waals surface area contributed by atoms with Crippen LogP contribution in [0.1, 0.15) is 112 Å². The molecule has 1 N–H and O–H groups in total. The maximum Gasteiger partial charge on any atom is 0.164 e. The highest BCUT2D eigenvalue weighted by Gasteiger charge is 2.45. The zero-order valence-electron chi connectivity index (χ0n) is 23.2. The molecular weight excluding hydrogens is 478 g/mol. The molecule has 3 nitrogen and oxygen atoms in total. The highest BCUT2D eigenvalue weighted by Crippen LogP contribution is 2.53. The van der Waals surface area contributed by atoms with Gasteiger partial charge in [0, 0.05) is 24.9 Å². The third kappa shape index (κ3) is 6.92. The van der Waals surface area contributed by atoms with Crippen LogP contribution in [0.5, 0.6) is 0 Å². The predicted octanol–water partition coefficient (Wildman–Crippen LogP) is 7.84. The largest absolute Gasteiger partial charge is 0.307 e. The summed E-state index contributed by atoms with van der Waals surface area (Å²) in [6.45, 7) is 9.57. The average Bonchev–Trinajstić information content (AvgIpc) is 2.88. The number of hydrogen-bond acceptors (Lipinski definition) is 3. The number of benzene rings is 2. The fourth-order valence-corrected chi connectivity index (χ4v) is 6.96. The van der Waals surface area contributed by atoms with Crippen LogP contribution in [0.4, 0.5) is 0 Å². The molecule has 37 heavy (non-hydrogen) atoms. The number of carbonyl (C=O) groups excluding carboxylic acids is 2. The van der Waals surface area contributed by atoms with Gasteiger partial charge in [0.25, 0.3) is 0 Å². The number of aryl methyl sites for hydroxylation is 1. The van der Waals surface area contributed by atoms with E-state index in [9.17, 15) is 9.59 Å². The molecule has 2 aliphatic carbocycles. The van der Waals surface area contributed by atoms with E-state index < -0.39 is 0 Å². The van der Waals surface area contributed by atoms with Crippen LogP contribution >= 0.6 is 12.4 Å². The Bertz CT molecular complexity index is 1050. The molecule has 2 aromatic rings. The molecular formula is C33H46ClNO2. The van der Waals surface area contributed by atoms with Crippen molar-refractivity contribution < 1.29 is 9.59 Å². The van der Waals surface area contributed by atoms with Crippen LogP contribution in [-0.4, -0.2) is 24.2 Å². The van der Waals surface area contributed by atoms with Gasteiger partial charge in [0.2, 0.25) is 0 Å². The number of ketones is 2. The minimum Gasteiger partial charge on any atom is -0.307 e. The maximum atomic E-state index is 12.8. The fourth-order valence-electron chi connectivity index (χ4n) is 6.96. The predicted molar refractivity (Wildman–Crippen MR) is 156 cm³/mol. The average molecular weight is 524 g/mol. The zero-order chi connectivity index (χ0) is 25.7. The molecule has 4 rings (SSSR count). The Morgan fingerprint density at radius 3 is 2.51 bits per heavy atom. The smallest absolute Gasteiger partial charge is 0.164 e. The second kappa shape index (κ2) is 13.2. The first-order chi connectivity index (χ1) is 17.3. The summed E-state index contributed by atoms with van der Waals surface area (Å²) >= 11 is 0.